The van der Waals surface area contributed by atoms with Gasteiger partial charge in [-0.25, -0.2) is 9.37 Å². The molecule has 3 heterocycles. The summed E-state index contributed by atoms with van der Waals surface area (Å²) in [5.41, 5.74) is 1.56. The van der Waals surface area contributed by atoms with Gasteiger partial charge in [0.1, 0.15) is 17.6 Å². The Morgan fingerprint density at radius 3 is 2.58 bits per heavy atom. The maximum Gasteiger partial charge on any atom is 0.273 e. The van der Waals surface area contributed by atoms with Crippen molar-refractivity contribution in [1.82, 2.24) is 40.5 Å². The highest BCUT2D eigenvalue weighted by atomic mass is 19.1. The molecule has 0 saturated carbocycles. The lowest BCUT2D eigenvalue weighted by molar-refractivity contribution is -0.125. The van der Waals surface area contributed by atoms with E-state index in [-0.39, 0.29) is 29.8 Å². The molecule has 2 N–H and O–H groups in total. The van der Waals surface area contributed by atoms with Gasteiger partial charge >= 0.3 is 0 Å². The number of aromatic nitrogens is 6. The van der Waals surface area contributed by atoms with Crippen LogP contribution in [-0.2, 0) is 17.9 Å². The number of para-hydroxylation sites is 1. The molecule has 3 aromatic heterocycles. The maximum atomic E-state index is 13.5. The molecular weight excluding hydrogens is 515 g/mol. The summed E-state index contributed by atoms with van der Waals surface area (Å²) in [7, 11) is 0. The zero-order valence-electron chi connectivity index (χ0n) is 22.1. The number of halogens is 1. The third-order valence-electron chi connectivity index (χ3n) is 6.20. The highest BCUT2D eigenvalue weighted by Crippen LogP contribution is 2.23. The summed E-state index contributed by atoms with van der Waals surface area (Å²) in [5.74, 6) is -0.813. The van der Waals surface area contributed by atoms with E-state index >= 15 is 0 Å². The molecule has 1 atom stereocenters. The number of hydrogen-bond donors (Lipinski definition) is 2. The number of benzene rings is 2. The minimum Gasteiger partial charge on any atom is -0.345 e. The first-order chi connectivity index (χ1) is 19.2. The van der Waals surface area contributed by atoms with Crippen molar-refractivity contribution >= 4 is 22.7 Å². The van der Waals surface area contributed by atoms with Crippen LogP contribution >= 0.6 is 0 Å². The lowest BCUT2D eigenvalue weighted by Crippen LogP contribution is -2.53. The smallest absolute Gasteiger partial charge is 0.273 e. The molecule has 204 valence electrons. The standard InChI is InChI=1S/C28H27FN8O3/c1-28(2,3)24(27(39)32-15-22-33-25(36-40-22)20-14-30-12-13-31-20)34-26(38)23-19-6-4-5-7-21(19)37(35-23)16-17-8-10-18(29)11-9-17/h4-14,24H,15-16H2,1-3H3,(H,32,39)(H,34,38)/t24-/m1/s1. The van der Waals surface area contributed by atoms with E-state index in [9.17, 15) is 14.0 Å². The molecule has 0 aliphatic heterocycles. The van der Waals surface area contributed by atoms with Crippen LogP contribution in [0.15, 0.2) is 71.6 Å². The van der Waals surface area contributed by atoms with Gasteiger partial charge in [0.15, 0.2) is 5.69 Å². The molecule has 5 rings (SSSR count). The Bertz CT molecular complexity index is 1640. The summed E-state index contributed by atoms with van der Waals surface area (Å²) in [5, 5.41) is 14.7. The minimum absolute atomic E-state index is 0.0379. The number of carbonyl (C=O) groups is 2. The first kappa shape index (κ1) is 26.6. The Morgan fingerprint density at radius 1 is 1.07 bits per heavy atom. The molecule has 0 saturated heterocycles. The second kappa shape index (κ2) is 11.0. The van der Waals surface area contributed by atoms with Crippen LogP contribution in [0.3, 0.4) is 0 Å². The number of amides is 2. The van der Waals surface area contributed by atoms with E-state index in [1.54, 1.807) is 22.9 Å². The van der Waals surface area contributed by atoms with Crippen molar-refractivity contribution in [2.45, 2.75) is 39.9 Å². The Balaban J connectivity index is 1.32. The number of hydrogen-bond acceptors (Lipinski definition) is 8. The van der Waals surface area contributed by atoms with E-state index in [0.717, 1.165) is 11.1 Å². The van der Waals surface area contributed by atoms with Crippen molar-refractivity contribution in [2.24, 2.45) is 5.41 Å². The number of carbonyl (C=O) groups excluding carboxylic acids is 2. The van der Waals surface area contributed by atoms with E-state index in [1.807, 2.05) is 39.0 Å². The van der Waals surface area contributed by atoms with Gasteiger partial charge in [0.05, 0.1) is 24.8 Å². The molecule has 0 unspecified atom stereocenters. The average Bonchev–Trinajstić information content (AvgIpc) is 3.57. The normalized spacial score (nSPS) is 12.3. The van der Waals surface area contributed by atoms with Crippen LogP contribution in [0.1, 0.15) is 42.7 Å². The van der Waals surface area contributed by atoms with Crippen LogP contribution in [-0.4, -0.2) is 47.7 Å². The van der Waals surface area contributed by atoms with E-state index in [4.69, 9.17) is 4.52 Å². The Labute approximate surface area is 228 Å². The second-order valence-corrected chi connectivity index (χ2v) is 10.2. The summed E-state index contributed by atoms with van der Waals surface area (Å²) < 4.78 is 20.3. The summed E-state index contributed by atoms with van der Waals surface area (Å²) in [6.07, 6.45) is 4.55. The average molecular weight is 543 g/mol. The van der Waals surface area contributed by atoms with Gasteiger partial charge < -0.3 is 15.2 Å². The first-order valence-corrected chi connectivity index (χ1v) is 12.6. The fourth-order valence-corrected chi connectivity index (χ4v) is 4.16. The highest BCUT2D eigenvalue weighted by molar-refractivity contribution is 6.06. The molecule has 11 nitrogen and oxygen atoms in total. The maximum absolute atomic E-state index is 13.5. The molecular formula is C28H27FN8O3. The fourth-order valence-electron chi connectivity index (χ4n) is 4.16. The van der Waals surface area contributed by atoms with Crippen molar-refractivity contribution in [3.8, 4) is 11.5 Å². The molecule has 0 radical (unpaired) electrons. The zero-order chi connectivity index (χ0) is 28.3. The number of rotatable bonds is 8. The van der Waals surface area contributed by atoms with Gasteiger partial charge in [0.2, 0.25) is 17.6 Å². The summed E-state index contributed by atoms with van der Waals surface area (Å²) in [6, 6.07) is 12.5. The number of nitrogens with one attached hydrogen (secondary N) is 2. The van der Waals surface area contributed by atoms with E-state index in [0.29, 0.717) is 17.6 Å². The van der Waals surface area contributed by atoms with Crippen molar-refractivity contribution < 1.29 is 18.5 Å². The predicted octanol–water partition coefficient (Wildman–Crippen LogP) is 3.52. The summed E-state index contributed by atoms with van der Waals surface area (Å²) in [6.45, 7) is 5.85. The molecule has 12 heteroatoms. The summed E-state index contributed by atoms with van der Waals surface area (Å²) in [4.78, 5) is 39.1. The number of fused-ring (bicyclic) bond motifs is 1. The second-order valence-electron chi connectivity index (χ2n) is 10.2. The first-order valence-electron chi connectivity index (χ1n) is 12.6. The largest absolute Gasteiger partial charge is 0.345 e. The zero-order valence-corrected chi connectivity index (χ0v) is 22.1. The van der Waals surface area contributed by atoms with E-state index in [1.165, 1.54) is 30.7 Å². The van der Waals surface area contributed by atoms with Crippen LogP contribution < -0.4 is 10.6 Å². The van der Waals surface area contributed by atoms with Crippen LogP contribution in [0, 0.1) is 11.2 Å². The van der Waals surface area contributed by atoms with Gasteiger partial charge in [0.25, 0.3) is 5.91 Å². The third-order valence-corrected chi connectivity index (χ3v) is 6.20. The molecule has 0 aliphatic carbocycles. The molecule has 5 aromatic rings. The lowest BCUT2D eigenvalue weighted by atomic mass is 9.86. The van der Waals surface area contributed by atoms with Gasteiger partial charge in [-0.05, 0) is 29.2 Å². The van der Waals surface area contributed by atoms with Crippen LogP contribution in [0.2, 0.25) is 0 Å². The van der Waals surface area contributed by atoms with E-state index in [2.05, 4.69) is 35.8 Å². The van der Waals surface area contributed by atoms with Crippen LogP contribution in [0.25, 0.3) is 22.4 Å². The Kier molecular flexibility index (Phi) is 7.32. The fraction of sp³-hybridized carbons (Fsp3) is 0.250. The molecule has 40 heavy (non-hydrogen) atoms. The third kappa shape index (κ3) is 5.85. The topological polar surface area (TPSA) is 141 Å². The van der Waals surface area contributed by atoms with Gasteiger partial charge in [-0.2, -0.15) is 10.1 Å². The Morgan fingerprint density at radius 2 is 1.85 bits per heavy atom. The van der Waals surface area contributed by atoms with Crippen LogP contribution in [0.5, 0.6) is 0 Å². The van der Waals surface area contributed by atoms with Crippen molar-refractivity contribution in [1.29, 1.82) is 0 Å². The highest BCUT2D eigenvalue weighted by Gasteiger charge is 2.34. The molecule has 2 amide bonds. The van der Waals surface area contributed by atoms with Gasteiger partial charge in [0, 0.05) is 17.8 Å². The van der Waals surface area contributed by atoms with Crippen molar-refractivity contribution in [3.63, 3.8) is 0 Å². The quantitative estimate of drug-likeness (QED) is 0.303. The SMILES string of the molecule is CC(C)(C)[C@H](NC(=O)c1nn(Cc2ccc(F)cc2)c2ccccc12)C(=O)NCc1nc(-c2cnccn2)no1. The van der Waals surface area contributed by atoms with Gasteiger partial charge in [-0.1, -0.05) is 56.3 Å². The lowest BCUT2D eigenvalue weighted by Gasteiger charge is -2.30. The molecule has 0 spiro atoms. The predicted molar refractivity (Wildman–Crippen MR) is 143 cm³/mol. The minimum atomic E-state index is -0.900. The molecule has 2 aromatic carbocycles. The van der Waals surface area contributed by atoms with Crippen molar-refractivity contribution in [2.75, 3.05) is 0 Å². The molecule has 0 aliphatic rings. The van der Waals surface area contributed by atoms with Gasteiger partial charge in [-0.15, -0.1) is 0 Å². The molecule has 0 bridgehead atoms. The summed E-state index contributed by atoms with van der Waals surface area (Å²) >= 11 is 0. The van der Waals surface area contributed by atoms with Gasteiger partial charge in [-0.3, -0.25) is 19.3 Å². The molecule has 0 fully saturated rings. The Hall–Kier alpha value is -5.00. The van der Waals surface area contributed by atoms with Crippen LogP contribution in [0.4, 0.5) is 4.39 Å². The van der Waals surface area contributed by atoms with Crippen molar-refractivity contribution in [3.05, 3.63) is 90.1 Å². The van der Waals surface area contributed by atoms with E-state index < -0.39 is 23.3 Å². The monoisotopic (exact) mass is 542 g/mol. The number of nitrogens with zero attached hydrogens (tertiary/aromatic N) is 6.